The Morgan fingerprint density at radius 3 is 2.25 bits per heavy atom. The third-order valence-corrected chi connectivity index (χ3v) is 3.64. The number of unbranched alkanes of at least 4 members (excludes halogenated alkanes) is 3. The third kappa shape index (κ3) is 5.41. The smallest absolute Gasteiger partial charge is 0.161 e. The van der Waals surface area contributed by atoms with Crippen LogP contribution < -0.4 is 14.8 Å². The molecule has 0 aliphatic heterocycles. The van der Waals surface area contributed by atoms with Gasteiger partial charge in [0, 0.05) is 0 Å². The zero-order valence-corrected chi connectivity index (χ0v) is 13.4. The lowest BCUT2D eigenvalue weighted by molar-refractivity contribution is 0.354. The van der Waals surface area contributed by atoms with Gasteiger partial charge < -0.3 is 14.8 Å². The lowest BCUT2D eigenvalue weighted by Crippen LogP contribution is -2.13. The van der Waals surface area contributed by atoms with Gasteiger partial charge in [0.1, 0.15) is 0 Å². The van der Waals surface area contributed by atoms with E-state index in [4.69, 9.17) is 9.47 Å². The molecule has 0 heterocycles. The molecule has 0 aliphatic rings. The average Bonchev–Trinajstić information content (AvgIpc) is 2.47. The Labute approximate surface area is 123 Å². The summed E-state index contributed by atoms with van der Waals surface area (Å²) in [6.45, 7) is 6.51. The van der Waals surface area contributed by atoms with E-state index >= 15 is 0 Å². The van der Waals surface area contributed by atoms with Crippen molar-refractivity contribution in [1.82, 2.24) is 5.32 Å². The molecular weight excluding hydrogens is 250 g/mol. The number of aryl methyl sites for hydroxylation is 2. The van der Waals surface area contributed by atoms with E-state index in [2.05, 4.69) is 31.3 Å². The van der Waals surface area contributed by atoms with Crippen molar-refractivity contribution in [1.29, 1.82) is 0 Å². The van der Waals surface area contributed by atoms with Crippen molar-refractivity contribution in [2.75, 3.05) is 27.3 Å². The van der Waals surface area contributed by atoms with Crippen LogP contribution in [0.25, 0.3) is 0 Å². The second-order valence-electron chi connectivity index (χ2n) is 5.15. The van der Waals surface area contributed by atoms with Gasteiger partial charge in [-0.3, -0.25) is 0 Å². The summed E-state index contributed by atoms with van der Waals surface area (Å²) in [4.78, 5) is 0. The van der Waals surface area contributed by atoms with Crippen molar-refractivity contribution >= 4 is 0 Å². The van der Waals surface area contributed by atoms with Crippen LogP contribution in [0, 0.1) is 6.92 Å². The maximum absolute atomic E-state index is 5.37. The van der Waals surface area contributed by atoms with Gasteiger partial charge in [-0.25, -0.2) is 0 Å². The second kappa shape index (κ2) is 9.65. The molecule has 20 heavy (non-hydrogen) atoms. The van der Waals surface area contributed by atoms with Crippen molar-refractivity contribution in [3.05, 3.63) is 23.3 Å². The van der Waals surface area contributed by atoms with Gasteiger partial charge in [-0.2, -0.15) is 0 Å². The Hall–Kier alpha value is -1.22. The summed E-state index contributed by atoms with van der Waals surface area (Å²) < 4.78 is 10.7. The molecule has 0 aliphatic carbocycles. The monoisotopic (exact) mass is 279 g/mol. The summed E-state index contributed by atoms with van der Waals surface area (Å²) in [6, 6.07) is 4.19. The topological polar surface area (TPSA) is 30.5 Å². The first-order valence-electron chi connectivity index (χ1n) is 7.65. The molecule has 0 radical (unpaired) electrons. The van der Waals surface area contributed by atoms with Gasteiger partial charge in [-0.05, 0) is 62.5 Å². The molecular formula is C17H29NO2. The first-order valence-corrected chi connectivity index (χ1v) is 7.65. The Bertz CT molecular complexity index is 391. The van der Waals surface area contributed by atoms with Crippen LogP contribution in [0.2, 0.25) is 0 Å². The maximum Gasteiger partial charge on any atom is 0.161 e. The van der Waals surface area contributed by atoms with Crippen LogP contribution >= 0.6 is 0 Å². The van der Waals surface area contributed by atoms with Gasteiger partial charge in [-0.1, -0.05) is 19.8 Å². The molecule has 0 atom stereocenters. The zero-order valence-electron chi connectivity index (χ0n) is 13.4. The minimum absolute atomic E-state index is 0.819. The fraction of sp³-hybridized carbons (Fsp3) is 0.647. The number of benzene rings is 1. The molecule has 0 saturated carbocycles. The Balaban J connectivity index is 2.40. The lowest BCUT2D eigenvalue weighted by Gasteiger charge is -2.12. The highest BCUT2D eigenvalue weighted by Crippen LogP contribution is 2.30. The minimum Gasteiger partial charge on any atom is -0.493 e. The van der Waals surface area contributed by atoms with Crippen LogP contribution in [-0.2, 0) is 6.42 Å². The summed E-state index contributed by atoms with van der Waals surface area (Å²) in [5.41, 5.74) is 2.66. The standard InChI is InChI=1S/C17H29NO2/c1-5-18-11-9-7-6-8-10-15-13-17(20-4)16(19-3)12-14(15)2/h12-13,18H,5-11H2,1-4H3. The first-order chi connectivity index (χ1) is 9.72. The molecule has 3 nitrogen and oxygen atoms in total. The SMILES string of the molecule is CCNCCCCCCc1cc(OC)c(OC)cc1C. The Morgan fingerprint density at radius 2 is 1.60 bits per heavy atom. The van der Waals surface area contributed by atoms with Gasteiger partial charge in [-0.15, -0.1) is 0 Å². The van der Waals surface area contributed by atoms with Crippen LogP contribution in [0.5, 0.6) is 11.5 Å². The molecule has 0 bridgehead atoms. The van der Waals surface area contributed by atoms with Gasteiger partial charge in [0.25, 0.3) is 0 Å². The number of hydrogen-bond acceptors (Lipinski definition) is 3. The van der Waals surface area contributed by atoms with E-state index in [1.54, 1.807) is 14.2 Å². The summed E-state index contributed by atoms with van der Waals surface area (Å²) in [5.74, 6) is 1.65. The van der Waals surface area contributed by atoms with Gasteiger partial charge >= 0.3 is 0 Å². The number of methoxy groups -OCH3 is 2. The number of ether oxygens (including phenoxy) is 2. The van der Waals surface area contributed by atoms with E-state index in [9.17, 15) is 0 Å². The molecule has 0 spiro atoms. The molecule has 114 valence electrons. The van der Waals surface area contributed by atoms with Crippen LogP contribution in [0.4, 0.5) is 0 Å². The highest BCUT2D eigenvalue weighted by Gasteiger charge is 2.08. The fourth-order valence-electron chi connectivity index (χ4n) is 2.39. The van der Waals surface area contributed by atoms with Crippen LogP contribution in [0.15, 0.2) is 12.1 Å². The Morgan fingerprint density at radius 1 is 0.950 bits per heavy atom. The molecule has 1 aromatic rings. The number of hydrogen-bond donors (Lipinski definition) is 1. The number of rotatable bonds is 10. The molecule has 0 saturated heterocycles. The predicted octanol–water partition coefficient (Wildman–Crippen LogP) is 3.72. The van der Waals surface area contributed by atoms with E-state index in [0.29, 0.717) is 0 Å². The van der Waals surface area contributed by atoms with E-state index in [-0.39, 0.29) is 0 Å². The largest absolute Gasteiger partial charge is 0.493 e. The molecule has 0 amide bonds. The van der Waals surface area contributed by atoms with E-state index in [0.717, 1.165) is 31.0 Å². The van der Waals surface area contributed by atoms with Crippen molar-refractivity contribution in [3.63, 3.8) is 0 Å². The van der Waals surface area contributed by atoms with E-state index in [1.165, 1.54) is 36.8 Å². The molecule has 0 aromatic heterocycles. The van der Waals surface area contributed by atoms with Crippen LogP contribution in [0.1, 0.15) is 43.7 Å². The van der Waals surface area contributed by atoms with E-state index in [1.807, 2.05) is 0 Å². The predicted molar refractivity (Wildman–Crippen MR) is 85.0 cm³/mol. The lowest BCUT2D eigenvalue weighted by atomic mass is 10.0. The molecule has 1 N–H and O–H groups in total. The minimum atomic E-state index is 0.819. The summed E-state index contributed by atoms with van der Waals surface area (Å²) in [7, 11) is 3.37. The van der Waals surface area contributed by atoms with Gasteiger partial charge in [0.15, 0.2) is 11.5 Å². The van der Waals surface area contributed by atoms with Gasteiger partial charge in [0.05, 0.1) is 14.2 Å². The molecule has 0 fully saturated rings. The van der Waals surface area contributed by atoms with E-state index < -0.39 is 0 Å². The van der Waals surface area contributed by atoms with Crippen LogP contribution in [-0.4, -0.2) is 27.3 Å². The summed E-state index contributed by atoms with van der Waals surface area (Å²) in [5, 5.41) is 3.36. The maximum atomic E-state index is 5.37. The quantitative estimate of drug-likeness (QED) is 0.662. The van der Waals surface area contributed by atoms with Gasteiger partial charge in [0.2, 0.25) is 0 Å². The average molecular weight is 279 g/mol. The molecule has 0 unspecified atom stereocenters. The third-order valence-electron chi connectivity index (χ3n) is 3.64. The fourth-order valence-corrected chi connectivity index (χ4v) is 2.39. The van der Waals surface area contributed by atoms with Crippen molar-refractivity contribution in [2.24, 2.45) is 0 Å². The van der Waals surface area contributed by atoms with Crippen molar-refractivity contribution in [3.8, 4) is 11.5 Å². The molecule has 3 heteroatoms. The normalized spacial score (nSPS) is 10.6. The first kappa shape index (κ1) is 16.8. The highest BCUT2D eigenvalue weighted by atomic mass is 16.5. The van der Waals surface area contributed by atoms with Crippen molar-refractivity contribution < 1.29 is 9.47 Å². The summed E-state index contributed by atoms with van der Waals surface area (Å²) in [6.07, 6.45) is 6.23. The molecule has 1 aromatic carbocycles. The summed E-state index contributed by atoms with van der Waals surface area (Å²) >= 11 is 0. The Kier molecular flexibility index (Phi) is 8.12. The second-order valence-corrected chi connectivity index (χ2v) is 5.15. The van der Waals surface area contributed by atoms with Crippen LogP contribution in [0.3, 0.4) is 0 Å². The highest BCUT2D eigenvalue weighted by molar-refractivity contribution is 5.47. The van der Waals surface area contributed by atoms with Crippen molar-refractivity contribution in [2.45, 2.75) is 46.0 Å². The number of nitrogens with one attached hydrogen (secondary N) is 1. The zero-order chi connectivity index (χ0) is 14.8. The molecule has 1 rings (SSSR count).